The van der Waals surface area contributed by atoms with E-state index in [0.29, 0.717) is 0 Å². The fraction of sp³-hybridized carbons (Fsp3) is 0.143. The van der Waals surface area contributed by atoms with Gasteiger partial charge in [-0.15, -0.1) is 0 Å². The van der Waals surface area contributed by atoms with Crippen molar-refractivity contribution in [2.24, 2.45) is 7.05 Å². The Hall–Kier alpha value is -2.56. The van der Waals surface area contributed by atoms with Crippen LogP contribution in [0.15, 0.2) is 49.2 Å². The highest BCUT2D eigenvalue weighted by Gasteiger charge is 2.00. The number of anilines is 1. The van der Waals surface area contributed by atoms with E-state index >= 15 is 0 Å². The molecule has 0 radical (unpaired) electrons. The smallest absolute Gasteiger partial charge is 0.0924 e. The molecule has 0 fully saturated rings. The van der Waals surface area contributed by atoms with Crippen molar-refractivity contribution < 1.29 is 0 Å². The number of rotatable bonds is 4. The lowest BCUT2D eigenvalue weighted by atomic mass is 10.1. The van der Waals surface area contributed by atoms with Crippen LogP contribution in [0.4, 0.5) is 5.69 Å². The predicted molar refractivity (Wildman–Crippen MR) is 74.6 cm³/mol. The summed E-state index contributed by atoms with van der Waals surface area (Å²) in [6, 6.07) is 8.26. The van der Waals surface area contributed by atoms with Gasteiger partial charge in [0.15, 0.2) is 0 Å². The predicted octanol–water partition coefficient (Wildman–Crippen LogP) is 2.42. The Kier molecular flexibility index (Phi) is 3.02. The van der Waals surface area contributed by atoms with Crippen LogP contribution in [-0.2, 0) is 13.6 Å². The number of nitrogens with one attached hydrogen (secondary N) is 2. The first-order chi connectivity index (χ1) is 9.31. The van der Waals surface area contributed by atoms with Crippen molar-refractivity contribution in [3.05, 3.63) is 54.7 Å². The highest BCUT2D eigenvalue weighted by Crippen LogP contribution is 2.19. The van der Waals surface area contributed by atoms with Gasteiger partial charge in [-0.3, -0.25) is 4.68 Å². The van der Waals surface area contributed by atoms with E-state index in [4.69, 9.17) is 0 Å². The van der Waals surface area contributed by atoms with Gasteiger partial charge in [-0.2, -0.15) is 5.10 Å². The molecule has 5 heteroatoms. The first-order valence-corrected chi connectivity index (χ1v) is 6.11. The van der Waals surface area contributed by atoms with Crippen LogP contribution in [0.3, 0.4) is 0 Å². The maximum Gasteiger partial charge on any atom is 0.0924 e. The molecule has 3 aromatic rings. The van der Waals surface area contributed by atoms with Gasteiger partial charge in [0, 0.05) is 31.0 Å². The second-order valence-corrected chi connectivity index (χ2v) is 4.42. The summed E-state index contributed by atoms with van der Waals surface area (Å²) in [6.07, 6.45) is 7.37. The number of aromatic amines is 1. The van der Waals surface area contributed by atoms with Crippen LogP contribution >= 0.6 is 0 Å². The number of H-pyrrole nitrogens is 1. The minimum absolute atomic E-state index is 0.775. The average Bonchev–Trinajstić information content (AvgIpc) is 3.08. The Labute approximate surface area is 111 Å². The monoisotopic (exact) mass is 253 g/mol. The summed E-state index contributed by atoms with van der Waals surface area (Å²) in [5.74, 6) is 0. The van der Waals surface area contributed by atoms with Crippen LogP contribution < -0.4 is 5.32 Å². The minimum atomic E-state index is 0.775. The molecule has 1 aromatic carbocycles. The van der Waals surface area contributed by atoms with Crippen LogP contribution in [0.2, 0.25) is 0 Å². The largest absolute Gasteiger partial charge is 0.381 e. The molecule has 0 aliphatic carbocycles. The Bertz CT molecular complexity index is 637. The lowest BCUT2D eigenvalue weighted by Gasteiger charge is -2.05. The Morgan fingerprint density at radius 2 is 2.05 bits per heavy atom. The zero-order chi connectivity index (χ0) is 13.1. The van der Waals surface area contributed by atoms with Crippen molar-refractivity contribution >= 4 is 5.69 Å². The zero-order valence-electron chi connectivity index (χ0n) is 10.7. The standard InChI is InChI=1S/C14H15N5/c1-19-9-11(7-18-19)6-16-13-4-2-12(3-5-13)14-8-15-10-17-14/h2-5,7-10,16H,6H2,1H3,(H,15,17). The third kappa shape index (κ3) is 2.65. The van der Waals surface area contributed by atoms with E-state index in [1.807, 2.05) is 25.6 Å². The molecule has 0 aliphatic rings. The summed E-state index contributed by atoms with van der Waals surface area (Å²) >= 11 is 0. The molecule has 3 rings (SSSR count). The quantitative estimate of drug-likeness (QED) is 0.750. The van der Waals surface area contributed by atoms with E-state index in [0.717, 1.165) is 23.5 Å². The minimum Gasteiger partial charge on any atom is -0.381 e. The maximum absolute atomic E-state index is 4.14. The van der Waals surface area contributed by atoms with Gasteiger partial charge in [0.1, 0.15) is 0 Å². The zero-order valence-corrected chi connectivity index (χ0v) is 10.7. The Balaban J connectivity index is 1.66. The molecular weight excluding hydrogens is 238 g/mol. The first-order valence-electron chi connectivity index (χ1n) is 6.11. The summed E-state index contributed by atoms with van der Waals surface area (Å²) in [4.78, 5) is 7.11. The summed E-state index contributed by atoms with van der Waals surface area (Å²) in [6.45, 7) is 0.775. The van der Waals surface area contributed by atoms with Crippen LogP contribution in [0.1, 0.15) is 5.56 Å². The summed E-state index contributed by atoms with van der Waals surface area (Å²) in [5, 5.41) is 7.51. The Morgan fingerprint density at radius 3 is 2.68 bits per heavy atom. The molecule has 96 valence electrons. The molecule has 0 bridgehead atoms. The molecule has 0 saturated carbocycles. The lowest BCUT2D eigenvalue weighted by molar-refractivity contribution is 0.767. The number of hydrogen-bond donors (Lipinski definition) is 2. The van der Waals surface area contributed by atoms with Gasteiger partial charge in [0.05, 0.1) is 24.4 Å². The molecule has 2 N–H and O–H groups in total. The number of benzene rings is 1. The van der Waals surface area contributed by atoms with E-state index in [9.17, 15) is 0 Å². The molecule has 0 unspecified atom stereocenters. The number of nitrogens with zero attached hydrogens (tertiary/aromatic N) is 3. The SMILES string of the molecule is Cn1cc(CNc2ccc(-c3cnc[nH]3)cc2)cn1. The molecule has 5 nitrogen and oxygen atoms in total. The van der Waals surface area contributed by atoms with Crippen LogP contribution in [0, 0.1) is 0 Å². The average molecular weight is 253 g/mol. The van der Waals surface area contributed by atoms with Gasteiger partial charge in [-0.1, -0.05) is 12.1 Å². The lowest BCUT2D eigenvalue weighted by Crippen LogP contribution is -1.98. The molecule has 0 aliphatic heterocycles. The van der Waals surface area contributed by atoms with Crippen LogP contribution in [0.25, 0.3) is 11.3 Å². The first kappa shape index (κ1) is 11.5. The number of aryl methyl sites for hydroxylation is 1. The summed E-state index contributed by atoms with van der Waals surface area (Å²) in [7, 11) is 1.92. The second kappa shape index (κ2) is 4.97. The fourth-order valence-electron chi connectivity index (χ4n) is 1.95. The number of aromatic nitrogens is 4. The van der Waals surface area contributed by atoms with E-state index in [-0.39, 0.29) is 0 Å². The molecule has 0 spiro atoms. The van der Waals surface area contributed by atoms with Gasteiger partial charge in [0.2, 0.25) is 0 Å². The summed E-state index contributed by atoms with van der Waals surface area (Å²) in [5.41, 5.74) is 4.41. The van der Waals surface area contributed by atoms with E-state index in [1.165, 1.54) is 5.56 Å². The molecular formula is C14H15N5. The van der Waals surface area contributed by atoms with Crippen molar-refractivity contribution in [2.45, 2.75) is 6.54 Å². The highest BCUT2D eigenvalue weighted by molar-refractivity contribution is 5.61. The molecule has 19 heavy (non-hydrogen) atoms. The van der Waals surface area contributed by atoms with Crippen LogP contribution in [-0.4, -0.2) is 19.7 Å². The molecule has 0 atom stereocenters. The van der Waals surface area contributed by atoms with Gasteiger partial charge in [-0.25, -0.2) is 4.98 Å². The highest BCUT2D eigenvalue weighted by atomic mass is 15.2. The van der Waals surface area contributed by atoms with Gasteiger partial charge in [-0.05, 0) is 17.7 Å². The maximum atomic E-state index is 4.14. The van der Waals surface area contributed by atoms with Crippen molar-refractivity contribution in [3.8, 4) is 11.3 Å². The second-order valence-electron chi connectivity index (χ2n) is 4.42. The van der Waals surface area contributed by atoms with Gasteiger partial charge >= 0.3 is 0 Å². The number of imidazole rings is 1. The van der Waals surface area contributed by atoms with Crippen molar-refractivity contribution in [2.75, 3.05) is 5.32 Å². The topological polar surface area (TPSA) is 58.5 Å². The molecule has 2 heterocycles. The van der Waals surface area contributed by atoms with E-state index < -0.39 is 0 Å². The number of hydrogen-bond acceptors (Lipinski definition) is 3. The molecule has 0 saturated heterocycles. The van der Waals surface area contributed by atoms with Crippen molar-refractivity contribution in [3.63, 3.8) is 0 Å². The van der Waals surface area contributed by atoms with Crippen molar-refractivity contribution in [1.29, 1.82) is 0 Å². The third-order valence-corrected chi connectivity index (χ3v) is 2.95. The third-order valence-electron chi connectivity index (χ3n) is 2.95. The van der Waals surface area contributed by atoms with Gasteiger partial charge in [0.25, 0.3) is 0 Å². The van der Waals surface area contributed by atoms with E-state index in [2.05, 4.69) is 44.6 Å². The summed E-state index contributed by atoms with van der Waals surface area (Å²) < 4.78 is 1.80. The molecule has 0 amide bonds. The van der Waals surface area contributed by atoms with Crippen LogP contribution in [0.5, 0.6) is 0 Å². The van der Waals surface area contributed by atoms with Crippen molar-refractivity contribution in [1.82, 2.24) is 19.7 Å². The fourth-order valence-corrected chi connectivity index (χ4v) is 1.95. The van der Waals surface area contributed by atoms with Gasteiger partial charge < -0.3 is 10.3 Å². The van der Waals surface area contributed by atoms with E-state index in [1.54, 1.807) is 11.0 Å². The Morgan fingerprint density at radius 1 is 1.21 bits per heavy atom. The molecule has 2 aromatic heterocycles. The normalized spacial score (nSPS) is 10.6.